The molecule has 0 bridgehead atoms. The van der Waals surface area contributed by atoms with Gasteiger partial charge < -0.3 is 20.4 Å². The van der Waals surface area contributed by atoms with Gasteiger partial charge in [0.25, 0.3) is 11.8 Å². The lowest BCUT2D eigenvalue weighted by molar-refractivity contribution is -0.134. The van der Waals surface area contributed by atoms with Crippen LogP contribution in [-0.4, -0.2) is 72.3 Å². The van der Waals surface area contributed by atoms with E-state index in [2.05, 4.69) is 39.4 Å². The Kier molecular flexibility index (Phi) is 8.29. The Labute approximate surface area is 220 Å². The van der Waals surface area contributed by atoms with Gasteiger partial charge >= 0.3 is 0 Å². The van der Waals surface area contributed by atoms with Crippen molar-refractivity contribution in [2.45, 2.75) is 44.3 Å². The summed E-state index contributed by atoms with van der Waals surface area (Å²) < 4.78 is 0. The van der Waals surface area contributed by atoms with Crippen LogP contribution in [0.4, 0.5) is 0 Å². The number of likely N-dealkylation sites (N-methyl/N-ethyl adjacent to an activating group) is 1. The largest absolute Gasteiger partial charge is 0.349 e. The monoisotopic (exact) mass is 527 g/mol. The number of fused-ring (bicyclic) bond motifs is 1. The first kappa shape index (κ1) is 26.1. The van der Waals surface area contributed by atoms with Gasteiger partial charge in [-0.3, -0.25) is 14.4 Å². The molecule has 2 N–H and O–H groups in total. The molecule has 4 rings (SSSR count). The first-order chi connectivity index (χ1) is 17.2. The predicted octanol–water partition coefficient (Wildman–Crippen LogP) is 2.31. The van der Waals surface area contributed by atoms with Crippen molar-refractivity contribution in [1.82, 2.24) is 25.4 Å². The van der Waals surface area contributed by atoms with Gasteiger partial charge in [0.1, 0.15) is 0 Å². The number of aromatic nitrogens is 1. The summed E-state index contributed by atoms with van der Waals surface area (Å²) in [7, 11) is 5.51. The van der Waals surface area contributed by atoms with Gasteiger partial charge in [0, 0.05) is 60.9 Å². The number of nitrogens with zero attached hydrogens (tertiary/aromatic N) is 3. The second kappa shape index (κ2) is 11.4. The van der Waals surface area contributed by atoms with Crippen LogP contribution in [-0.2, 0) is 22.6 Å². The van der Waals surface area contributed by atoms with E-state index < -0.39 is 11.9 Å². The lowest BCUT2D eigenvalue weighted by Gasteiger charge is -2.36. The highest BCUT2D eigenvalue weighted by Gasteiger charge is 2.36. The molecule has 2 aromatic rings. The van der Waals surface area contributed by atoms with Crippen LogP contribution in [0, 0.1) is 17.8 Å². The van der Waals surface area contributed by atoms with Gasteiger partial charge in [-0.25, -0.2) is 4.98 Å². The number of rotatable bonds is 4. The summed E-state index contributed by atoms with van der Waals surface area (Å²) in [6, 6.07) is 6.17. The van der Waals surface area contributed by atoms with Gasteiger partial charge in [0.05, 0.1) is 17.8 Å². The summed E-state index contributed by atoms with van der Waals surface area (Å²) in [6.07, 6.45) is 2.44. The Hall–Kier alpha value is -2.93. The zero-order valence-corrected chi connectivity index (χ0v) is 22.2. The van der Waals surface area contributed by atoms with Gasteiger partial charge in [0.15, 0.2) is 5.01 Å². The smallest absolute Gasteiger partial charge is 0.296 e. The van der Waals surface area contributed by atoms with Gasteiger partial charge in [-0.2, -0.15) is 0 Å². The maximum atomic E-state index is 13.2. The standard InChI is InChI=1S/C26H30ClN5O3S/c1-31(2)26(35)17-7-10-19(28-23(33)11-6-16-4-8-18(27)9-5-16)21(14-17)29-24(34)25-30-20-12-13-32(3)15-22(20)36-25/h4-5,8-9,17,19,21H,7,10,12-15H2,1-3H3,(H,28,33)(H,29,34)/t17-,19-,21+/m0/s1. The summed E-state index contributed by atoms with van der Waals surface area (Å²) in [6.45, 7) is 1.70. The predicted molar refractivity (Wildman–Crippen MR) is 140 cm³/mol. The molecule has 0 unspecified atom stereocenters. The van der Waals surface area contributed by atoms with Crippen molar-refractivity contribution in [1.29, 1.82) is 0 Å². The minimum atomic E-state index is -0.431. The molecule has 1 fully saturated rings. The Morgan fingerprint density at radius 3 is 2.61 bits per heavy atom. The molecule has 3 amide bonds. The summed E-state index contributed by atoms with van der Waals surface area (Å²) in [5.74, 6) is 4.54. The van der Waals surface area contributed by atoms with Crippen LogP contribution in [0.15, 0.2) is 24.3 Å². The number of carbonyl (C=O) groups is 3. The van der Waals surface area contributed by atoms with E-state index in [0.29, 0.717) is 34.9 Å². The third-order valence-electron chi connectivity index (χ3n) is 6.55. The number of halogens is 1. The number of carbonyl (C=O) groups excluding carboxylic acids is 3. The van der Waals surface area contributed by atoms with Crippen molar-refractivity contribution in [3.63, 3.8) is 0 Å². The quantitative estimate of drug-likeness (QED) is 0.595. The number of nitrogens with one attached hydrogen (secondary N) is 2. The van der Waals surface area contributed by atoms with Gasteiger partial charge in [-0.15, -0.1) is 11.3 Å². The number of thiazole rings is 1. The Morgan fingerprint density at radius 1 is 1.14 bits per heavy atom. The first-order valence-corrected chi connectivity index (χ1v) is 13.2. The maximum absolute atomic E-state index is 13.2. The molecule has 36 heavy (non-hydrogen) atoms. The van der Waals surface area contributed by atoms with E-state index in [1.165, 1.54) is 11.3 Å². The van der Waals surface area contributed by atoms with Crippen LogP contribution in [0.5, 0.6) is 0 Å². The highest BCUT2D eigenvalue weighted by molar-refractivity contribution is 7.13. The zero-order valence-electron chi connectivity index (χ0n) is 20.6. The summed E-state index contributed by atoms with van der Waals surface area (Å²) in [5, 5.41) is 7.03. The minimum absolute atomic E-state index is 0.0225. The number of amides is 3. The molecule has 2 aliphatic rings. The fourth-order valence-corrected chi connectivity index (χ4v) is 5.83. The SMILES string of the molecule is CN1CCc2nc(C(=O)N[C@@H]3C[C@@H](C(=O)N(C)C)CC[C@@H]3NC(=O)C#Cc3ccc(Cl)cc3)sc2C1. The fourth-order valence-electron chi connectivity index (χ4n) is 4.61. The average Bonchev–Trinajstić information content (AvgIpc) is 3.27. The van der Waals surface area contributed by atoms with E-state index in [1.807, 2.05) is 0 Å². The molecule has 1 aromatic heterocycles. The second-order valence-electron chi connectivity index (χ2n) is 9.54. The van der Waals surface area contributed by atoms with Crippen LogP contribution < -0.4 is 10.6 Å². The Morgan fingerprint density at radius 2 is 1.89 bits per heavy atom. The highest BCUT2D eigenvalue weighted by Crippen LogP contribution is 2.28. The molecule has 0 radical (unpaired) electrons. The molecule has 0 saturated heterocycles. The summed E-state index contributed by atoms with van der Waals surface area (Å²) >= 11 is 7.31. The Balaban J connectivity index is 1.47. The molecule has 0 spiro atoms. The van der Waals surface area contributed by atoms with E-state index >= 15 is 0 Å². The third-order valence-corrected chi connectivity index (χ3v) is 7.89. The van der Waals surface area contributed by atoms with Crippen LogP contribution in [0.3, 0.4) is 0 Å². The highest BCUT2D eigenvalue weighted by atomic mass is 35.5. The van der Waals surface area contributed by atoms with Crippen molar-refractivity contribution in [2.75, 3.05) is 27.7 Å². The normalized spacial score (nSPS) is 21.5. The first-order valence-electron chi connectivity index (χ1n) is 12.0. The summed E-state index contributed by atoms with van der Waals surface area (Å²) in [4.78, 5) is 47.9. The van der Waals surface area contributed by atoms with E-state index in [1.54, 1.807) is 43.3 Å². The molecule has 8 nitrogen and oxygen atoms in total. The number of benzene rings is 1. The maximum Gasteiger partial charge on any atom is 0.296 e. The van der Waals surface area contributed by atoms with Gasteiger partial charge in [-0.1, -0.05) is 17.5 Å². The average molecular weight is 528 g/mol. The van der Waals surface area contributed by atoms with Crippen LogP contribution in [0.1, 0.15) is 45.2 Å². The molecule has 1 saturated carbocycles. The molecule has 1 aromatic carbocycles. The molecular formula is C26H30ClN5O3S. The van der Waals surface area contributed by atoms with Gasteiger partial charge in [0.2, 0.25) is 5.91 Å². The fraction of sp³-hybridized carbons (Fsp3) is 0.462. The molecule has 10 heteroatoms. The van der Waals surface area contributed by atoms with Crippen LogP contribution in [0.2, 0.25) is 5.02 Å². The van der Waals surface area contributed by atoms with Crippen LogP contribution >= 0.6 is 22.9 Å². The topological polar surface area (TPSA) is 94.6 Å². The number of hydrogen-bond acceptors (Lipinski definition) is 6. The number of hydrogen-bond donors (Lipinski definition) is 2. The van der Waals surface area contributed by atoms with E-state index in [4.69, 9.17) is 11.6 Å². The second-order valence-corrected chi connectivity index (χ2v) is 11.1. The van der Waals surface area contributed by atoms with Crippen molar-refractivity contribution in [3.05, 3.63) is 50.4 Å². The third kappa shape index (κ3) is 6.44. The van der Waals surface area contributed by atoms with Crippen molar-refractivity contribution in [3.8, 4) is 11.8 Å². The van der Waals surface area contributed by atoms with E-state index in [0.717, 1.165) is 30.1 Å². The minimum Gasteiger partial charge on any atom is -0.349 e. The molecule has 190 valence electrons. The van der Waals surface area contributed by atoms with Crippen molar-refractivity contribution >= 4 is 40.7 Å². The van der Waals surface area contributed by atoms with E-state index in [9.17, 15) is 14.4 Å². The van der Waals surface area contributed by atoms with E-state index in [-0.39, 0.29) is 23.8 Å². The molecule has 3 atom stereocenters. The lowest BCUT2D eigenvalue weighted by Crippen LogP contribution is -2.55. The Bertz CT molecular complexity index is 1200. The summed E-state index contributed by atoms with van der Waals surface area (Å²) in [5.41, 5.74) is 1.66. The molecule has 1 aliphatic heterocycles. The van der Waals surface area contributed by atoms with Crippen molar-refractivity contribution in [2.24, 2.45) is 5.92 Å². The molecular weight excluding hydrogens is 498 g/mol. The molecule has 1 aliphatic carbocycles. The molecule has 2 heterocycles. The van der Waals surface area contributed by atoms with Crippen molar-refractivity contribution < 1.29 is 14.4 Å². The van der Waals surface area contributed by atoms with Crippen LogP contribution in [0.25, 0.3) is 0 Å². The zero-order chi connectivity index (χ0) is 25.8. The van der Waals surface area contributed by atoms with Gasteiger partial charge in [-0.05, 0) is 50.6 Å². The lowest BCUT2D eigenvalue weighted by atomic mass is 9.81.